The van der Waals surface area contributed by atoms with Crippen molar-refractivity contribution in [2.75, 3.05) is 44.8 Å². The number of hydrogen-bond acceptors (Lipinski definition) is 8. The van der Waals surface area contributed by atoms with Crippen LogP contribution in [0.3, 0.4) is 0 Å². The van der Waals surface area contributed by atoms with E-state index in [1.807, 2.05) is 39.1 Å². The van der Waals surface area contributed by atoms with Gasteiger partial charge in [-0.15, -0.1) is 0 Å². The molecule has 3 aromatic heterocycles. The Labute approximate surface area is 207 Å². The molecule has 3 aromatic rings. The molecule has 0 saturated carbocycles. The molecule has 1 atom stereocenters. The number of anilines is 1. The maximum absolute atomic E-state index is 13.1. The van der Waals surface area contributed by atoms with Gasteiger partial charge in [-0.25, -0.2) is 27.7 Å². The van der Waals surface area contributed by atoms with Crippen molar-refractivity contribution in [3.05, 3.63) is 35.7 Å². The number of nitrogens with one attached hydrogen (secondary N) is 2. The smallest absolute Gasteiger partial charge is 0.219 e. The molecule has 1 fully saturated rings. The number of aromatic amines is 1. The minimum Gasteiger partial charge on any atom is -0.377 e. The van der Waals surface area contributed by atoms with E-state index in [-0.39, 0.29) is 11.8 Å². The van der Waals surface area contributed by atoms with Gasteiger partial charge in [-0.05, 0) is 31.7 Å². The average Bonchev–Trinajstić information content (AvgIpc) is 3.26. The molecule has 11 heteroatoms. The van der Waals surface area contributed by atoms with E-state index in [4.69, 9.17) is 14.7 Å². The second-order valence-electron chi connectivity index (χ2n) is 8.67. The monoisotopic (exact) mass is 501 g/mol. The summed E-state index contributed by atoms with van der Waals surface area (Å²) >= 11 is 0. The first-order valence-corrected chi connectivity index (χ1v) is 13.8. The molecule has 0 bridgehead atoms. The topological polar surface area (TPSA) is 116 Å². The molecule has 10 nitrogen and oxygen atoms in total. The lowest BCUT2D eigenvalue weighted by Gasteiger charge is -2.36. The Balaban J connectivity index is 1.78. The molecular formula is C24H35N7O3S. The second-order valence-corrected chi connectivity index (χ2v) is 10.6. The first kappa shape index (κ1) is 25.5. The molecule has 1 aliphatic rings. The fraction of sp³-hybridized carbons (Fsp3) is 0.542. The molecule has 35 heavy (non-hydrogen) atoms. The Morgan fingerprint density at radius 2 is 1.97 bits per heavy atom. The molecular weight excluding hydrogens is 466 g/mol. The summed E-state index contributed by atoms with van der Waals surface area (Å²) in [7, 11) is -1.62. The molecule has 0 unspecified atom stereocenters. The third-order valence-electron chi connectivity index (χ3n) is 6.32. The summed E-state index contributed by atoms with van der Waals surface area (Å²) in [4.78, 5) is 19.9. The Morgan fingerprint density at radius 1 is 1.17 bits per heavy atom. The van der Waals surface area contributed by atoms with Crippen LogP contribution in [0.5, 0.6) is 0 Å². The van der Waals surface area contributed by atoms with Gasteiger partial charge in [0.25, 0.3) is 0 Å². The van der Waals surface area contributed by atoms with Crippen LogP contribution in [0.25, 0.3) is 22.6 Å². The molecule has 190 valence electrons. The Hall–Kier alpha value is -2.60. The highest BCUT2D eigenvalue weighted by atomic mass is 32.2. The Bertz CT molecular complexity index is 1260. The van der Waals surface area contributed by atoms with Crippen molar-refractivity contribution in [1.82, 2.24) is 29.6 Å². The number of pyridine rings is 1. The number of hydrogen-bond donors (Lipinski definition) is 2. The van der Waals surface area contributed by atoms with Crippen molar-refractivity contribution in [1.29, 1.82) is 0 Å². The maximum atomic E-state index is 13.1. The van der Waals surface area contributed by atoms with Gasteiger partial charge >= 0.3 is 0 Å². The molecule has 1 saturated heterocycles. The van der Waals surface area contributed by atoms with Crippen LogP contribution >= 0.6 is 0 Å². The summed E-state index contributed by atoms with van der Waals surface area (Å²) in [6, 6.07) is 7.81. The summed E-state index contributed by atoms with van der Waals surface area (Å²) in [6.45, 7) is 9.26. The molecule has 4 heterocycles. The number of rotatable bonds is 10. The highest BCUT2D eigenvalue weighted by Gasteiger charge is 2.26. The summed E-state index contributed by atoms with van der Waals surface area (Å²) in [5.74, 6) is 0.949. The van der Waals surface area contributed by atoms with E-state index >= 15 is 0 Å². The van der Waals surface area contributed by atoms with Gasteiger partial charge < -0.3 is 19.9 Å². The first-order chi connectivity index (χ1) is 16.9. The van der Waals surface area contributed by atoms with E-state index in [9.17, 15) is 8.42 Å². The maximum Gasteiger partial charge on any atom is 0.219 e. The van der Waals surface area contributed by atoms with Crippen LogP contribution in [0.1, 0.15) is 38.6 Å². The summed E-state index contributed by atoms with van der Waals surface area (Å²) in [5.41, 5.74) is 3.85. The SMILES string of the molecule is CC[C@H]1COCCN1c1cc(CS(=O)(=O)N(CC)CC)nc(-c2ccc3[nH]c(CNC)cc3n2)n1. The lowest BCUT2D eigenvalue weighted by molar-refractivity contribution is 0.0925. The van der Waals surface area contributed by atoms with Crippen molar-refractivity contribution in [2.24, 2.45) is 0 Å². The first-order valence-electron chi connectivity index (χ1n) is 12.2. The molecule has 1 aliphatic heterocycles. The largest absolute Gasteiger partial charge is 0.377 e. The zero-order valence-corrected chi connectivity index (χ0v) is 21.7. The number of sulfonamides is 1. The Kier molecular flexibility index (Phi) is 8.00. The fourth-order valence-corrected chi connectivity index (χ4v) is 5.97. The van der Waals surface area contributed by atoms with Gasteiger partial charge in [0.15, 0.2) is 5.82 Å². The van der Waals surface area contributed by atoms with Crippen molar-refractivity contribution in [2.45, 2.75) is 45.5 Å². The van der Waals surface area contributed by atoms with Gasteiger partial charge in [-0.1, -0.05) is 20.8 Å². The van der Waals surface area contributed by atoms with Gasteiger partial charge in [-0.2, -0.15) is 0 Å². The molecule has 0 aromatic carbocycles. The van der Waals surface area contributed by atoms with E-state index in [0.717, 1.165) is 23.1 Å². The minimum absolute atomic E-state index is 0.169. The Morgan fingerprint density at radius 3 is 2.69 bits per heavy atom. The van der Waals surface area contributed by atoms with Crippen LogP contribution < -0.4 is 10.2 Å². The third-order valence-corrected chi connectivity index (χ3v) is 8.28. The number of H-pyrrole nitrogens is 1. The zero-order chi connectivity index (χ0) is 25.0. The van der Waals surface area contributed by atoms with E-state index in [2.05, 4.69) is 27.1 Å². The quantitative estimate of drug-likeness (QED) is 0.435. The van der Waals surface area contributed by atoms with Crippen LogP contribution in [0.15, 0.2) is 24.3 Å². The third kappa shape index (κ3) is 5.64. The zero-order valence-electron chi connectivity index (χ0n) is 20.9. The number of morpholine rings is 1. The molecule has 0 aliphatic carbocycles. The highest BCUT2D eigenvalue weighted by molar-refractivity contribution is 7.88. The van der Waals surface area contributed by atoms with Gasteiger partial charge in [-0.3, -0.25) is 0 Å². The van der Waals surface area contributed by atoms with E-state index in [1.165, 1.54) is 4.31 Å². The second kappa shape index (κ2) is 11.0. The van der Waals surface area contributed by atoms with E-state index in [1.54, 1.807) is 6.07 Å². The van der Waals surface area contributed by atoms with Gasteiger partial charge in [0.2, 0.25) is 10.0 Å². The molecule has 0 radical (unpaired) electrons. The fourth-order valence-electron chi connectivity index (χ4n) is 4.48. The van der Waals surface area contributed by atoms with Crippen LogP contribution in [-0.2, 0) is 27.1 Å². The van der Waals surface area contributed by atoms with Crippen molar-refractivity contribution in [3.8, 4) is 11.5 Å². The normalized spacial score (nSPS) is 16.9. The predicted octanol–water partition coefficient (Wildman–Crippen LogP) is 2.53. The van der Waals surface area contributed by atoms with Gasteiger partial charge in [0.05, 0.1) is 36.0 Å². The number of aromatic nitrogens is 4. The summed E-state index contributed by atoms with van der Waals surface area (Å²) in [5, 5.41) is 3.13. The van der Waals surface area contributed by atoms with Gasteiger partial charge in [0.1, 0.15) is 17.3 Å². The van der Waals surface area contributed by atoms with Crippen LogP contribution in [0.4, 0.5) is 5.82 Å². The van der Waals surface area contributed by atoms with Crippen molar-refractivity contribution >= 4 is 26.9 Å². The minimum atomic E-state index is -3.51. The molecule has 0 spiro atoms. The van der Waals surface area contributed by atoms with Crippen LogP contribution in [0.2, 0.25) is 0 Å². The lowest BCUT2D eigenvalue weighted by atomic mass is 10.1. The van der Waals surface area contributed by atoms with Crippen LogP contribution in [-0.4, -0.2) is 78.6 Å². The highest BCUT2D eigenvalue weighted by Crippen LogP contribution is 2.26. The number of nitrogens with zero attached hydrogens (tertiary/aromatic N) is 5. The summed E-state index contributed by atoms with van der Waals surface area (Å²) in [6.07, 6.45) is 0.897. The van der Waals surface area contributed by atoms with E-state index < -0.39 is 10.0 Å². The van der Waals surface area contributed by atoms with E-state index in [0.29, 0.717) is 62.4 Å². The number of fused-ring (bicyclic) bond motifs is 1. The number of ether oxygens (including phenoxy) is 1. The van der Waals surface area contributed by atoms with Crippen LogP contribution in [0, 0.1) is 0 Å². The van der Waals surface area contributed by atoms with Gasteiger partial charge in [0, 0.05) is 37.9 Å². The van der Waals surface area contributed by atoms with Crippen molar-refractivity contribution < 1.29 is 13.2 Å². The average molecular weight is 502 g/mol. The molecule has 2 N–H and O–H groups in total. The predicted molar refractivity (Wildman–Crippen MR) is 138 cm³/mol. The van der Waals surface area contributed by atoms with Crippen molar-refractivity contribution in [3.63, 3.8) is 0 Å². The molecule has 4 rings (SSSR count). The molecule has 0 amide bonds. The summed E-state index contributed by atoms with van der Waals surface area (Å²) < 4.78 is 33.3. The standard InChI is InChI=1S/C24H35N7O3S/c1-5-19-15-34-11-10-31(19)23-13-18(16-35(32,33)30(6-2)7-3)27-24(29-23)21-9-8-20-22(28-21)12-17(26-20)14-25-4/h8-9,12-13,19,25-26H,5-7,10-11,14-16H2,1-4H3/t19-/m0/s1. The lowest BCUT2D eigenvalue weighted by Crippen LogP contribution is -2.45.